The normalized spacial score (nSPS) is 20.9. The van der Waals surface area contributed by atoms with Gasteiger partial charge in [0.05, 0.1) is 37.5 Å². The van der Waals surface area contributed by atoms with Gasteiger partial charge >= 0.3 is 12.6 Å². The monoisotopic (exact) mass is 533 g/mol. The number of benzene rings is 1. The minimum atomic E-state index is -4.61. The molecule has 1 aromatic carbocycles. The lowest BCUT2D eigenvalue weighted by Crippen LogP contribution is -2.48. The van der Waals surface area contributed by atoms with Gasteiger partial charge in [0.1, 0.15) is 18.0 Å². The van der Waals surface area contributed by atoms with E-state index in [0.717, 1.165) is 4.31 Å². The molecule has 0 bridgehead atoms. The number of anilines is 2. The number of nitrogens with zero attached hydrogens (tertiary/aromatic N) is 3. The Kier molecular flexibility index (Phi) is 6.88. The van der Waals surface area contributed by atoms with Crippen LogP contribution in [0.25, 0.3) is 0 Å². The van der Waals surface area contributed by atoms with E-state index in [9.17, 15) is 31.2 Å². The fourth-order valence-corrected chi connectivity index (χ4v) is 5.18. The number of hydrogen-bond donors (Lipinski definition) is 3. The first-order chi connectivity index (χ1) is 17.0. The first kappa shape index (κ1) is 25.4. The maximum Gasteiger partial charge on any atom is 0.409 e. The Morgan fingerprint density at radius 3 is 2.69 bits per heavy atom. The second-order valence-corrected chi connectivity index (χ2v) is 9.81. The van der Waals surface area contributed by atoms with Crippen molar-refractivity contribution >= 4 is 33.4 Å². The summed E-state index contributed by atoms with van der Waals surface area (Å²) in [5.74, 6) is -1.82. The molecule has 1 fully saturated rings. The minimum Gasteiger partial charge on any atom is -0.484 e. The number of carbonyl (C=O) groups excluding carboxylic acids is 1. The molecule has 2 amide bonds. The number of alkyl halides is 3. The van der Waals surface area contributed by atoms with E-state index >= 15 is 0 Å². The van der Waals surface area contributed by atoms with Crippen molar-refractivity contribution in [2.24, 2.45) is 5.92 Å². The lowest BCUT2D eigenvalue weighted by atomic mass is 10.2. The molecular weight excluding hydrogens is 511 g/mol. The summed E-state index contributed by atoms with van der Waals surface area (Å²) in [7, 11) is -4.61. The molecule has 1 aliphatic heterocycles. The summed E-state index contributed by atoms with van der Waals surface area (Å²) >= 11 is 0. The maximum atomic E-state index is 13.7. The van der Waals surface area contributed by atoms with Crippen LogP contribution in [0.1, 0.15) is 19.9 Å². The number of nitrogens with one attached hydrogen (secondary N) is 2. The summed E-state index contributed by atoms with van der Waals surface area (Å²) in [5, 5.41) is 17.1. The molecule has 12 nitrogen and oxygen atoms in total. The molecule has 0 saturated heterocycles. The van der Waals surface area contributed by atoms with Crippen molar-refractivity contribution in [2.45, 2.75) is 37.1 Å². The van der Waals surface area contributed by atoms with Crippen molar-refractivity contribution in [3.05, 3.63) is 24.4 Å². The molecule has 0 radical (unpaired) electrons. The smallest absolute Gasteiger partial charge is 0.409 e. The third-order valence-corrected chi connectivity index (χ3v) is 7.17. The number of rotatable bonds is 9. The number of ether oxygens (including phenoxy) is 2. The number of fused-ring (bicyclic) bond motifs is 1. The summed E-state index contributed by atoms with van der Waals surface area (Å²) in [6, 6.07) is 3.85. The van der Waals surface area contributed by atoms with Gasteiger partial charge in [-0.25, -0.2) is 22.3 Å². The Bertz CT molecular complexity index is 1270. The molecule has 196 valence electrons. The number of halogens is 3. The molecule has 0 unspecified atom stereocenters. The second kappa shape index (κ2) is 9.75. The van der Waals surface area contributed by atoms with Crippen molar-refractivity contribution < 1.29 is 45.8 Å². The van der Waals surface area contributed by atoms with Gasteiger partial charge in [-0.3, -0.25) is 14.4 Å². The van der Waals surface area contributed by atoms with Crippen molar-refractivity contribution in [1.82, 2.24) is 15.1 Å². The van der Waals surface area contributed by atoms with Crippen molar-refractivity contribution in [3.63, 3.8) is 0 Å². The molecule has 1 aliphatic carbocycles. The zero-order valence-electron chi connectivity index (χ0n) is 18.7. The number of hydrogen-bond acceptors (Lipinski definition) is 7. The van der Waals surface area contributed by atoms with E-state index < -0.39 is 57.5 Å². The highest BCUT2D eigenvalue weighted by molar-refractivity contribution is 7.93. The number of sulfonamides is 1. The molecule has 3 atom stereocenters. The molecule has 4 rings (SSSR count). The third-order valence-electron chi connectivity index (χ3n) is 5.41. The standard InChI is InChI=1S/C20H22F3N5O7S/c1-2-34-18-16(9-27(26-18)19(22)23)36(32,33)28-8-11(7-24-17(29)12-6-13(12)21)35-15-4-3-10(5-14(15)28)25-20(30)31/h3-5,9,11-13,19,25H,2,6-8H2,1H3,(H,24,29)(H,30,31)/t11-,12+,13-/m0/s1. The van der Waals surface area contributed by atoms with Gasteiger partial charge in [-0.1, -0.05) is 0 Å². The van der Waals surface area contributed by atoms with E-state index in [-0.39, 0.29) is 47.9 Å². The minimum absolute atomic E-state index is 0.0211. The summed E-state index contributed by atoms with van der Waals surface area (Å²) < 4.78 is 79.0. The van der Waals surface area contributed by atoms with Gasteiger partial charge in [-0.05, 0) is 31.5 Å². The third kappa shape index (κ3) is 5.12. The number of aromatic nitrogens is 2. The van der Waals surface area contributed by atoms with E-state index in [1.165, 1.54) is 25.1 Å². The fraction of sp³-hybridized carbons (Fsp3) is 0.450. The molecular formula is C20H22F3N5O7S. The molecule has 0 spiro atoms. The quantitative estimate of drug-likeness (QED) is 0.444. The Morgan fingerprint density at radius 2 is 2.08 bits per heavy atom. The van der Waals surface area contributed by atoms with Crippen LogP contribution >= 0.6 is 0 Å². The highest BCUT2D eigenvalue weighted by atomic mass is 32.2. The molecule has 36 heavy (non-hydrogen) atoms. The topological polar surface area (TPSA) is 152 Å². The zero-order valence-corrected chi connectivity index (χ0v) is 19.5. The maximum absolute atomic E-state index is 13.7. The van der Waals surface area contributed by atoms with Gasteiger partial charge in [0.25, 0.3) is 15.9 Å². The first-order valence-corrected chi connectivity index (χ1v) is 12.2. The Hall–Kier alpha value is -3.69. The van der Waals surface area contributed by atoms with Crippen LogP contribution in [0, 0.1) is 5.92 Å². The Morgan fingerprint density at radius 1 is 1.36 bits per heavy atom. The van der Waals surface area contributed by atoms with Crippen LogP contribution in [0.5, 0.6) is 11.6 Å². The molecule has 16 heteroatoms. The highest BCUT2D eigenvalue weighted by Gasteiger charge is 2.44. The predicted molar refractivity (Wildman–Crippen MR) is 118 cm³/mol. The van der Waals surface area contributed by atoms with Crippen molar-refractivity contribution in [1.29, 1.82) is 0 Å². The zero-order chi connectivity index (χ0) is 26.2. The SMILES string of the molecule is CCOc1nn(C(F)F)cc1S(=O)(=O)N1C[C@H](CNC(=O)[C@@H]2C[C@@H]2F)Oc2ccc(NC(=O)O)cc21. The van der Waals surface area contributed by atoms with E-state index in [0.29, 0.717) is 6.20 Å². The summed E-state index contributed by atoms with van der Waals surface area (Å²) in [6.45, 7) is -2.23. The van der Waals surface area contributed by atoms with E-state index in [1.54, 1.807) is 0 Å². The summed E-state index contributed by atoms with van der Waals surface area (Å²) in [4.78, 5) is 22.5. The largest absolute Gasteiger partial charge is 0.484 e. The lowest BCUT2D eigenvalue weighted by molar-refractivity contribution is -0.123. The average Bonchev–Trinajstić information content (AvgIpc) is 3.38. The van der Waals surface area contributed by atoms with Gasteiger partial charge in [0, 0.05) is 5.69 Å². The van der Waals surface area contributed by atoms with Crippen LogP contribution in [0.3, 0.4) is 0 Å². The molecule has 3 N–H and O–H groups in total. The molecule has 2 aromatic rings. The Balaban J connectivity index is 1.70. The van der Waals surface area contributed by atoms with Crippen molar-refractivity contribution in [2.75, 3.05) is 29.3 Å². The van der Waals surface area contributed by atoms with E-state index in [1.807, 2.05) is 0 Å². The summed E-state index contributed by atoms with van der Waals surface area (Å²) in [5.41, 5.74) is -0.0603. The molecule has 1 saturated carbocycles. The number of amides is 2. The van der Waals surface area contributed by atoms with Crippen LogP contribution in [0.4, 0.5) is 29.3 Å². The average molecular weight is 533 g/mol. The van der Waals surface area contributed by atoms with Gasteiger partial charge in [-0.15, -0.1) is 5.10 Å². The van der Waals surface area contributed by atoms with Gasteiger partial charge in [0.15, 0.2) is 4.90 Å². The summed E-state index contributed by atoms with van der Waals surface area (Å²) in [6.07, 6.45) is -2.82. The van der Waals surface area contributed by atoms with Crippen LogP contribution in [-0.2, 0) is 14.8 Å². The van der Waals surface area contributed by atoms with Gasteiger partial charge < -0.3 is 19.9 Å². The highest BCUT2D eigenvalue weighted by Crippen LogP contribution is 2.40. The second-order valence-electron chi connectivity index (χ2n) is 7.98. The van der Waals surface area contributed by atoms with Gasteiger partial charge in [-0.2, -0.15) is 8.78 Å². The molecule has 1 aromatic heterocycles. The van der Waals surface area contributed by atoms with Crippen LogP contribution in [0.15, 0.2) is 29.3 Å². The van der Waals surface area contributed by atoms with Gasteiger partial charge in [0.2, 0.25) is 5.91 Å². The lowest BCUT2D eigenvalue weighted by Gasteiger charge is -2.35. The molecule has 2 heterocycles. The van der Waals surface area contributed by atoms with Crippen molar-refractivity contribution in [3.8, 4) is 11.6 Å². The number of carboxylic acid groups (broad SMARTS) is 1. The fourth-order valence-electron chi connectivity index (χ4n) is 3.62. The predicted octanol–water partition coefficient (Wildman–Crippen LogP) is 2.20. The first-order valence-electron chi connectivity index (χ1n) is 10.8. The van der Waals surface area contributed by atoms with Crippen LogP contribution < -0.4 is 24.4 Å². The van der Waals surface area contributed by atoms with Crippen LogP contribution in [0.2, 0.25) is 0 Å². The Labute approximate surface area is 203 Å². The van der Waals surface area contributed by atoms with E-state index in [2.05, 4.69) is 15.7 Å². The van der Waals surface area contributed by atoms with Crippen LogP contribution in [-0.4, -0.2) is 67.3 Å². The number of carbonyl (C=O) groups is 2. The molecule has 2 aliphatic rings. The van der Waals surface area contributed by atoms with E-state index in [4.69, 9.17) is 14.6 Å².